The molecule has 2 aromatic carbocycles. The number of halogens is 1. The molecule has 4 nitrogen and oxygen atoms in total. The third-order valence-corrected chi connectivity index (χ3v) is 3.99. The van der Waals surface area contributed by atoms with Crippen LogP contribution in [0.1, 0.15) is 34.0 Å². The Hall–Kier alpha value is -2.69. The van der Waals surface area contributed by atoms with Gasteiger partial charge in [-0.05, 0) is 49.1 Å². The third kappa shape index (κ3) is 3.98. The number of anilines is 1. The lowest BCUT2D eigenvalue weighted by Gasteiger charge is -2.15. The summed E-state index contributed by atoms with van der Waals surface area (Å²) >= 11 is 0. The van der Waals surface area contributed by atoms with E-state index in [1.807, 2.05) is 0 Å². The molecule has 1 unspecified atom stereocenters. The fraction of sp³-hybridized carbons (Fsp3) is 0.263. The Morgan fingerprint density at radius 1 is 1.17 bits per heavy atom. The molecular formula is C19H20FNO3. The van der Waals surface area contributed by atoms with Gasteiger partial charge in [-0.2, -0.15) is 0 Å². The molecule has 0 saturated carbocycles. The molecule has 0 radical (unpaired) electrons. The fourth-order valence-electron chi connectivity index (χ4n) is 2.56. The molecule has 1 atom stereocenters. The van der Waals surface area contributed by atoms with E-state index in [9.17, 15) is 19.1 Å². The van der Waals surface area contributed by atoms with Crippen molar-refractivity contribution < 1.29 is 19.1 Å². The van der Waals surface area contributed by atoms with Crippen LogP contribution in [0.2, 0.25) is 0 Å². The van der Waals surface area contributed by atoms with E-state index < -0.39 is 11.9 Å². The van der Waals surface area contributed by atoms with Crippen LogP contribution in [0.5, 0.6) is 0 Å². The average molecular weight is 329 g/mol. The topological polar surface area (TPSA) is 66.4 Å². The molecule has 24 heavy (non-hydrogen) atoms. The molecule has 0 aliphatic carbocycles. The Kier molecular flexibility index (Phi) is 5.34. The molecule has 0 spiro atoms. The molecule has 5 heteroatoms. The quantitative estimate of drug-likeness (QED) is 0.872. The standard InChI is InChI=1S/C19H20FNO3/c1-11-8-12(2)17(10-15(11)19(23)24)21-18(22)13(3)9-14-6-4-5-7-16(14)20/h4-8,10,13H,9H2,1-3H3,(H,21,22)(H,23,24). The lowest BCUT2D eigenvalue weighted by atomic mass is 9.99. The lowest BCUT2D eigenvalue weighted by Crippen LogP contribution is -2.23. The maximum Gasteiger partial charge on any atom is 0.336 e. The van der Waals surface area contributed by atoms with E-state index in [-0.39, 0.29) is 23.7 Å². The minimum absolute atomic E-state index is 0.151. The van der Waals surface area contributed by atoms with E-state index in [0.717, 1.165) is 5.56 Å². The van der Waals surface area contributed by atoms with Gasteiger partial charge in [0.1, 0.15) is 5.82 Å². The SMILES string of the molecule is Cc1cc(C)c(C(=O)O)cc1NC(=O)C(C)Cc1ccccc1F. The van der Waals surface area contributed by atoms with Gasteiger partial charge in [0.2, 0.25) is 5.91 Å². The monoisotopic (exact) mass is 329 g/mol. The second-order valence-electron chi connectivity index (χ2n) is 5.97. The van der Waals surface area contributed by atoms with Gasteiger partial charge in [-0.3, -0.25) is 4.79 Å². The van der Waals surface area contributed by atoms with Crippen molar-refractivity contribution in [2.45, 2.75) is 27.2 Å². The van der Waals surface area contributed by atoms with Crippen LogP contribution in [-0.2, 0) is 11.2 Å². The van der Waals surface area contributed by atoms with Crippen molar-refractivity contribution in [1.82, 2.24) is 0 Å². The van der Waals surface area contributed by atoms with Crippen LogP contribution in [0, 0.1) is 25.6 Å². The fourth-order valence-corrected chi connectivity index (χ4v) is 2.56. The van der Waals surface area contributed by atoms with Crippen molar-refractivity contribution in [1.29, 1.82) is 0 Å². The molecular weight excluding hydrogens is 309 g/mol. The first-order valence-electron chi connectivity index (χ1n) is 7.68. The van der Waals surface area contributed by atoms with Crippen LogP contribution in [0.4, 0.5) is 10.1 Å². The van der Waals surface area contributed by atoms with Crippen molar-refractivity contribution in [3.05, 3.63) is 64.5 Å². The molecule has 0 aliphatic rings. The average Bonchev–Trinajstić information content (AvgIpc) is 2.51. The number of carboxylic acids is 1. The van der Waals surface area contributed by atoms with Gasteiger partial charge in [-0.15, -0.1) is 0 Å². The highest BCUT2D eigenvalue weighted by atomic mass is 19.1. The van der Waals surface area contributed by atoms with E-state index in [1.54, 1.807) is 45.0 Å². The Morgan fingerprint density at radius 3 is 2.46 bits per heavy atom. The molecule has 0 bridgehead atoms. The zero-order valence-electron chi connectivity index (χ0n) is 13.9. The summed E-state index contributed by atoms with van der Waals surface area (Å²) in [7, 11) is 0. The van der Waals surface area contributed by atoms with Crippen LogP contribution in [0.3, 0.4) is 0 Å². The summed E-state index contributed by atoms with van der Waals surface area (Å²) in [5.74, 6) is -2.10. The number of carbonyl (C=O) groups excluding carboxylic acids is 1. The number of aryl methyl sites for hydroxylation is 2. The van der Waals surface area contributed by atoms with E-state index in [4.69, 9.17) is 0 Å². The largest absolute Gasteiger partial charge is 0.478 e. The second-order valence-corrected chi connectivity index (χ2v) is 5.97. The molecule has 0 fully saturated rings. The Labute approximate surface area is 140 Å². The van der Waals surface area contributed by atoms with Gasteiger partial charge in [0.25, 0.3) is 0 Å². The number of benzene rings is 2. The predicted molar refractivity (Wildman–Crippen MR) is 90.8 cm³/mol. The summed E-state index contributed by atoms with van der Waals surface area (Å²) in [6.07, 6.45) is 0.273. The molecule has 0 heterocycles. The molecule has 2 N–H and O–H groups in total. The van der Waals surface area contributed by atoms with E-state index in [1.165, 1.54) is 12.1 Å². The predicted octanol–water partition coefficient (Wildman–Crippen LogP) is 3.96. The smallest absolute Gasteiger partial charge is 0.336 e. The highest BCUT2D eigenvalue weighted by molar-refractivity contribution is 5.96. The highest BCUT2D eigenvalue weighted by Gasteiger charge is 2.18. The van der Waals surface area contributed by atoms with Crippen molar-refractivity contribution >= 4 is 17.6 Å². The zero-order chi connectivity index (χ0) is 17.9. The first-order chi connectivity index (χ1) is 11.3. The molecule has 0 aliphatic heterocycles. The lowest BCUT2D eigenvalue weighted by molar-refractivity contribution is -0.119. The Balaban J connectivity index is 2.16. The molecule has 0 aromatic heterocycles. The number of aromatic carboxylic acids is 1. The van der Waals surface area contributed by atoms with Gasteiger partial charge < -0.3 is 10.4 Å². The van der Waals surface area contributed by atoms with Gasteiger partial charge >= 0.3 is 5.97 Å². The Morgan fingerprint density at radius 2 is 1.83 bits per heavy atom. The summed E-state index contributed by atoms with van der Waals surface area (Å²) < 4.78 is 13.7. The van der Waals surface area contributed by atoms with Gasteiger partial charge in [0.05, 0.1) is 5.56 Å². The van der Waals surface area contributed by atoms with Crippen molar-refractivity contribution in [3.8, 4) is 0 Å². The molecule has 0 saturated heterocycles. The molecule has 1 amide bonds. The number of hydrogen-bond donors (Lipinski definition) is 2. The zero-order valence-corrected chi connectivity index (χ0v) is 13.9. The van der Waals surface area contributed by atoms with Gasteiger partial charge in [-0.1, -0.05) is 31.2 Å². The summed E-state index contributed by atoms with van der Waals surface area (Å²) in [6.45, 7) is 5.22. The maximum atomic E-state index is 13.7. The normalized spacial score (nSPS) is 11.8. The van der Waals surface area contributed by atoms with Crippen LogP contribution >= 0.6 is 0 Å². The summed E-state index contributed by atoms with van der Waals surface area (Å²) in [5, 5.41) is 11.9. The number of carboxylic acid groups (broad SMARTS) is 1. The van der Waals surface area contributed by atoms with E-state index >= 15 is 0 Å². The highest BCUT2D eigenvalue weighted by Crippen LogP contribution is 2.22. The van der Waals surface area contributed by atoms with Crippen LogP contribution in [0.25, 0.3) is 0 Å². The van der Waals surface area contributed by atoms with Gasteiger partial charge in [-0.25, -0.2) is 9.18 Å². The van der Waals surface area contributed by atoms with E-state index in [0.29, 0.717) is 16.8 Å². The second kappa shape index (κ2) is 7.25. The van der Waals surface area contributed by atoms with Crippen LogP contribution < -0.4 is 5.32 Å². The molecule has 126 valence electrons. The summed E-state index contributed by atoms with van der Waals surface area (Å²) in [5.41, 5.74) is 2.51. The third-order valence-electron chi connectivity index (χ3n) is 3.99. The minimum Gasteiger partial charge on any atom is -0.478 e. The minimum atomic E-state index is -1.04. The molecule has 2 rings (SSSR count). The first kappa shape index (κ1) is 17.7. The van der Waals surface area contributed by atoms with Crippen molar-refractivity contribution in [3.63, 3.8) is 0 Å². The number of nitrogens with one attached hydrogen (secondary N) is 1. The van der Waals surface area contributed by atoms with Crippen molar-refractivity contribution in [2.24, 2.45) is 5.92 Å². The Bertz CT molecular complexity index is 786. The number of carbonyl (C=O) groups is 2. The van der Waals surface area contributed by atoms with Gasteiger partial charge in [0.15, 0.2) is 0 Å². The summed E-state index contributed by atoms with van der Waals surface area (Å²) in [6, 6.07) is 9.53. The van der Waals surface area contributed by atoms with Gasteiger partial charge in [0, 0.05) is 11.6 Å². The van der Waals surface area contributed by atoms with E-state index in [2.05, 4.69) is 5.32 Å². The number of rotatable bonds is 5. The van der Waals surface area contributed by atoms with Crippen LogP contribution in [-0.4, -0.2) is 17.0 Å². The summed E-state index contributed by atoms with van der Waals surface area (Å²) in [4.78, 5) is 23.6. The maximum absolute atomic E-state index is 13.7. The number of hydrogen-bond acceptors (Lipinski definition) is 2. The first-order valence-corrected chi connectivity index (χ1v) is 7.68. The molecule has 2 aromatic rings. The van der Waals surface area contributed by atoms with Crippen LogP contribution in [0.15, 0.2) is 36.4 Å². The number of amides is 1. The van der Waals surface area contributed by atoms with Crippen molar-refractivity contribution in [2.75, 3.05) is 5.32 Å².